The summed E-state index contributed by atoms with van der Waals surface area (Å²) >= 11 is 0. The number of fused-ring (bicyclic) bond motifs is 1. The smallest absolute Gasteiger partial charge is 0.0646 e. The Morgan fingerprint density at radius 3 is 2.85 bits per heavy atom. The Bertz CT molecular complexity index is 314. The molecular formula is C10H13AcNO. The first-order chi connectivity index (χ1) is 5.68. The number of hydrogen-bond donors (Lipinski definition) is 2. The number of aliphatic hydroxyl groups is 1. The molecule has 0 bridgehead atoms. The van der Waals surface area contributed by atoms with Gasteiger partial charge in [0, 0.05) is 55.7 Å². The van der Waals surface area contributed by atoms with Crippen LogP contribution in [0.1, 0.15) is 24.0 Å². The predicted octanol–water partition coefficient (Wildman–Crippen LogP) is 1.29. The molecule has 0 amide bonds. The van der Waals surface area contributed by atoms with Crippen LogP contribution in [0.3, 0.4) is 0 Å². The zero-order chi connectivity index (χ0) is 8.72. The number of nitrogens with two attached hydrogens (primary N) is 1. The topological polar surface area (TPSA) is 46.2 Å². The van der Waals surface area contributed by atoms with E-state index in [4.69, 9.17) is 5.73 Å². The van der Waals surface area contributed by atoms with Gasteiger partial charge in [-0.2, -0.15) is 0 Å². The second kappa shape index (κ2) is 4.30. The Hall–Kier alpha value is 0.422. The van der Waals surface area contributed by atoms with Crippen molar-refractivity contribution >= 4 is 5.69 Å². The standard InChI is InChI=1S/C10H13NO.Ac/c1-6-9-5-8(11)3-2-7(9)4-10(6)12;/h2-3,5-6,10,12H,4,11H2,1H3;. The molecule has 67 valence electrons. The number of nitrogen functional groups attached to an aromatic ring is 1. The van der Waals surface area contributed by atoms with Crippen LogP contribution in [0.4, 0.5) is 5.69 Å². The molecule has 3 heteroatoms. The van der Waals surface area contributed by atoms with Gasteiger partial charge in [-0.05, 0) is 29.7 Å². The minimum absolute atomic E-state index is 0. The van der Waals surface area contributed by atoms with E-state index in [-0.39, 0.29) is 56.1 Å². The Morgan fingerprint density at radius 2 is 2.15 bits per heavy atom. The maximum Gasteiger partial charge on any atom is 0.0646 e. The van der Waals surface area contributed by atoms with Gasteiger partial charge in [0.1, 0.15) is 0 Å². The van der Waals surface area contributed by atoms with Gasteiger partial charge < -0.3 is 10.8 Å². The Balaban J connectivity index is 0.000000845. The van der Waals surface area contributed by atoms with Gasteiger partial charge in [0.05, 0.1) is 6.10 Å². The quantitative estimate of drug-likeness (QED) is 0.656. The summed E-state index contributed by atoms with van der Waals surface area (Å²) in [6.45, 7) is 2.04. The fourth-order valence-corrected chi connectivity index (χ4v) is 1.83. The molecule has 2 atom stereocenters. The minimum atomic E-state index is -0.221. The van der Waals surface area contributed by atoms with Crippen molar-refractivity contribution in [2.45, 2.75) is 25.4 Å². The van der Waals surface area contributed by atoms with Crippen LogP contribution in [-0.2, 0) is 6.42 Å². The van der Waals surface area contributed by atoms with E-state index in [0.717, 1.165) is 12.1 Å². The number of rotatable bonds is 0. The van der Waals surface area contributed by atoms with E-state index in [1.165, 1.54) is 11.1 Å². The summed E-state index contributed by atoms with van der Waals surface area (Å²) in [6, 6.07) is 5.87. The zero-order valence-electron chi connectivity index (χ0n) is 7.70. The Kier molecular flexibility index (Phi) is 3.80. The normalized spacial score (nSPS) is 25.1. The van der Waals surface area contributed by atoms with Crippen molar-refractivity contribution in [2.75, 3.05) is 5.73 Å². The van der Waals surface area contributed by atoms with Crippen LogP contribution in [0.5, 0.6) is 0 Å². The maximum absolute atomic E-state index is 9.57. The number of hydrogen-bond acceptors (Lipinski definition) is 2. The molecular weight excluding hydrogens is 377 g/mol. The number of aliphatic hydroxyl groups excluding tert-OH is 1. The van der Waals surface area contributed by atoms with E-state index in [1.54, 1.807) is 0 Å². The number of benzene rings is 1. The van der Waals surface area contributed by atoms with Gasteiger partial charge in [0.15, 0.2) is 0 Å². The van der Waals surface area contributed by atoms with E-state index in [2.05, 4.69) is 0 Å². The second-order valence-electron chi connectivity index (χ2n) is 3.52. The average Bonchev–Trinajstić information content (AvgIpc) is 2.31. The molecule has 2 unspecified atom stereocenters. The van der Waals surface area contributed by atoms with Crippen molar-refractivity contribution in [1.82, 2.24) is 0 Å². The molecule has 2 nitrogen and oxygen atoms in total. The molecule has 0 aromatic heterocycles. The fourth-order valence-electron chi connectivity index (χ4n) is 1.83. The maximum atomic E-state index is 9.57. The Labute approximate surface area is 114 Å². The van der Waals surface area contributed by atoms with Crippen LogP contribution in [0.25, 0.3) is 0 Å². The molecule has 2 rings (SSSR count). The van der Waals surface area contributed by atoms with Crippen LogP contribution in [-0.4, -0.2) is 11.2 Å². The van der Waals surface area contributed by atoms with E-state index >= 15 is 0 Å². The van der Waals surface area contributed by atoms with Gasteiger partial charge in [-0.15, -0.1) is 0 Å². The summed E-state index contributed by atoms with van der Waals surface area (Å²) in [5.41, 5.74) is 8.89. The van der Waals surface area contributed by atoms with Gasteiger partial charge in [-0.25, -0.2) is 0 Å². The van der Waals surface area contributed by atoms with Crippen LogP contribution >= 0.6 is 0 Å². The largest absolute Gasteiger partial charge is 0.399 e. The SMILES string of the molecule is CC1c2cc(N)ccc2CC1O.[Ac]. The Morgan fingerprint density at radius 1 is 1.46 bits per heavy atom. The monoisotopic (exact) mass is 390 g/mol. The molecule has 0 saturated carbocycles. The van der Waals surface area contributed by atoms with E-state index in [0.29, 0.717) is 0 Å². The van der Waals surface area contributed by atoms with Gasteiger partial charge in [0.2, 0.25) is 0 Å². The molecule has 0 heterocycles. The van der Waals surface area contributed by atoms with Gasteiger partial charge >= 0.3 is 0 Å². The first kappa shape index (κ1) is 11.5. The van der Waals surface area contributed by atoms with Gasteiger partial charge in [-0.1, -0.05) is 13.0 Å². The van der Waals surface area contributed by atoms with Crippen LogP contribution < -0.4 is 5.73 Å². The summed E-state index contributed by atoms with van der Waals surface area (Å²) in [6.07, 6.45) is 0.554. The van der Waals surface area contributed by atoms with Crippen LogP contribution in [0, 0.1) is 44.1 Å². The van der Waals surface area contributed by atoms with Crippen molar-refractivity contribution in [3.05, 3.63) is 29.3 Å². The van der Waals surface area contributed by atoms with Crippen molar-refractivity contribution in [1.29, 1.82) is 0 Å². The summed E-state index contributed by atoms with van der Waals surface area (Å²) < 4.78 is 0. The van der Waals surface area contributed by atoms with Crippen molar-refractivity contribution < 1.29 is 49.2 Å². The molecule has 1 aliphatic carbocycles. The molecule has 0 aliphatic heterocycles. The van der Waals surface area contributed by atoms with Crippen molar-refractivity contribution in [3.8, 4) is 0 Å². The molecule has 1 aromatic rings. The third kappa shape index (κ3) is 2.09. The summed E-state index contributed by atoms with van der Waals surface area (Å²) in [4.78, 5) is 0. The van der Waals surface area contributed by atoms with Crippen LogP contribution in [0.15, 0.2) is 18.2 Å². The zero-order valence-corrected chi connectivity index (χ0v) is 12.4. The molecule has 0 saturated heterocycles. The van der Waals surface area contributed by atoms with Crippen molar-refractivity contribution in [3.63, 3.8) is 0 Å². The van der Waals surface area contributed by atoms with Crippen molar-refractivity contribution in [2.24, 2.45) is 0 Å². The summed E-state index contributed by atoms with van der Waals surface area (Å²) in [5.74, 6) is 0.239. The third-order valence-corrected chi connectivity index (χ3v) is 2.67. The summed E-state index contributed by atoms with van der Waals surface area (Å²) in [7, 11) is 0. The van der Waals surface area contributed by atoms with E-state index in [9.17, 15) is 5.11 Å². The van der Waals surface area contributed by atoms with Gasteiger partial charge in [0.25, 0.3) is 0 Å². The van der Waals surface area contributed by atoms with Crippen LogP contribution in [0.2, 0.25) is 0 Å². The van der Waals surface area contributed by atoms with E-state index in [1.807, 2.05) is 25.1 Å². The average molecular weight is 390 g/mol. The molecule has 0 spiro atoms. The molecule has 1 aliphatic rings. The molecule has 13 heavy (non-hydrogen) atoms. The number of anilines is 1. The van der Waals surface area contributed by atoms with E-state index < -0.39 is 0 Å². The summed E-state index contributed by atoms with van der Waals surface area (Å²) in [5, 5.41) is 9.57. The first-order valence-corrected chi connectivity index (χ1v) is 4.25. The second-order valence-corrected chi connectivity index (χ2v) is 3.52. The minimum Gasteiger partial charge on any atom is -0.399 e. The molecule has 1 radical (unpaired) electrons. The third-order valence-electron chi connectivity index (χ3n) is 2.67. The molecule has 1 aromatic carbocycles. The predicted molar refractivity (Wildman–Crippen MR) is 49.0 cm³/mol. The van der Waals surface area contributed by atoms with Gasteiger partial charge in [-0.3, -0.25) is 0 Å². The fraction of sp³-hybridized carbons (Fsp3) is 0.400. The molecule has 0 fully saturated rings. The molecule has 3 N–H and O–H groups in total. The first-order valence-electron chi connectivity index (χ1n) is 4.25.